The third kappa shape index (κ3) is 4.03. The zero-order valence-corrected chi connectivity index (χ0v) is 12.9. The number of carbonyl (C=O) groups excluding carboxylic acids is 1. The molecule has 5 heteroatoms. The summed E-state index contributed by atoms with van der Waals surface area (Å²) in [6.45, 7) is 1.66. The number of hydrogen-bond acceptors (Lipinski definition) is 3. The van der Waals surface area contributed by atoms with Crippen molar-refractivity contribution in [2.75, 3.05) is 0 Å². The van der Waals surface area contributed by atoms with Gasteiger partial charge in [-0.3, -0.25) is 4.79 Å². The van der Waals surface area contributed by atoms with Gasteiger partial charge in [-0.2, -0.15) is 0 Å². The molecule has 0 bridgehead atoms. The first-order chi connectivity index (χ1) is 9.88. The largest absolute Gasteiger partial charge is 0.289 e. The molecule has 0 aliphatic carbocycles. The predicted molar refractivity (Wildman–Crippen MR) is 84.0 cm³/mol. The maximum atomic E-state index is 11.9. The van der Waals surface area contributed by atoms with Crippen molar-refractivity contribution in [3.05, 3.63) is 71.3 Å². The van der Waals surface area contributed by atoms with Gasteiger partial charge in [0, 0.05) is 16.2 Å². The van der Waals surface area contributed by atoms with E-state index in [2.05, 4.69) is 0 Å². The van der Waals surface area contributed by atoms with E-state index in [-0.39, 0.29) is 10.7 Å². The fourth-order valence-corrected chi connectivity index (χ4v) is 3.08. The molecule has 0 aliphatic rings. The van der Waals surface area contributed by atoms with Crippen molar-refractivity contribution >= 4 is 31.6 Å². The average molecular weight is 321 g/mol. The van der Waals surface area contributed by atoms with Gasteiger partial charge in [0.15, 0.2) is 5.78 Å². The molecular weight excluding hydrogens is 308 g/mol. The molecule has 0 unspecified atom stereocenters. The van der Waals surface area contributed by atoms with Crippen LogP contribution in [0.3, 0.4) is 0 Å². The highest BCUT2D eigenvalue weighted by atomic mass is 35.7. The molecule has 2 rings (SSSR count). The van der Waals surface area contributed by atoms with Gasteiger partial charge in [0.1, 0.15) is 0 Å². The summed E-state index contributed by atoms with van der Waals surface area (Å²) < 4.78 is 22.9. The highest BCUT2D eigenvalue weighted by molar-refractivity contribution is 8.13. The summed E-state index contributed by atoms with van der Waals surface area (Å²) in [4.78, 5) is 12.0. The molecule has 2 aromatic carbocycles. The van der Waals surface area contributed by atoms with Gasteiger partial charge in [0.25, 0.3) is 9.05 Å². The molecule has 0 aromatic heterocycles. The average Bonchev–Trinajstić information content (AvgIpc) is 2.45. The van der Waals surface area contributed by atoms with Crippen LogP contribution in [-0.2, 0) is 9.05 Å². The molecular formula is C16H13ClO3S. The molecule has 0 spiro atoms. The zero-order chi connectivity index (χ0) is 15.5. The Balaban J connectivity index is 2.29. The van der Waals surface area contributed by atoms with Crippen molar-refractivity contribution < 1.29 is 13.2 Å². The summed E-state index contributed by atoms with van der Waals surface area (Å²) in [6.07, 6.45) is 2.98. The molecule has 0 radical (unpaired) electrons. The van der Waals surface area contributed by atoms with Gasteiger partial charge in [0.05, 0.1) is 4.90 Å². The second-order valence-electron chi connectivity index (χ2n) is 4.53. The van der Waals surface area contributed by atoms with Crippen LogP contribution in [0.15, 0.2) is 59.5 Å². The SMILES string of the molecule is Cc1ccc(/C=C/C(=O)c2ccccc2)cc1S(=O)(=O)Cl. The molecule has 2 aromatic rings. The monoisotopic (exact) mass is 320 g/mol. The van der Waals surface area contributed by atoms with Crippen molar-refractivity contribution in [1.82, 2.24) is 0 Å². The summed E-state index contributed by atoms with van der Waals surface area (Å²) >= 11 is 0. The standard InChI is InChI=1S/C16H13ClO3S/c1-12-7-8-13(11-16(12)21(17,19)20)9-10-15(18)14-5-3-2-4-6-14/h2-11H,1H3/b10-9+. The lowest BCUT2D eigenvalue weighted by Crippen LogP contribution is -1.96. The summed E-state index contributed by atoms with van der Waals surface area (Å²) in [5.41, 5.74) is 1.74. The Labute approximate surface area is 128 Å². The number of ketones is 1. The van der Waals surface area contributed by atoms with Crippen LogP contribution in [0, 0.1) is 6.92 Å². The Hall–Kier alpha value is -1.91. The van der Waals surface area contributed by atoms with E-state index >= 15 is 0 Å². The molecule has 21 heavy (non-hydrogen) atoms. The van der Waals surface area contributed by atoms with Crippen LogP contribution in [0.1, 0.15) is 21.5 Å². The van der Waals surface area contributed by atoms with Gasteiger partial charge in [-0.25, -0.2) is 8.42 Å². The minimum Gasteiger partial charge on any atom is -0.289 e. The van der Waals surface area contributed by atoms with Crippen molar-refractivity contribution in [2.24, 2.45) is 0 Å². The van der Waals surface area contributed by atoms with Crippen molar-refractivity contribution in [3.8, 4) is 0 Å². The van der Waals surface area contributed by atoms with Gasteiger partial charge in [-0.05, 0) is 30.2 Å². The Bertz CT molecular complexity index is 794. The number of carbonyl (C=O) groups is 1. The molecule has 0 amide bonds. The minimum absolute atomic E-state index is 0.0541. The summed E-state index contributed by atoms with van der Waals surface area (Å²) in [5, 5.41) is 0. The Kier molecular flexibility index (Phi) is 4.60. The molecule has 0 saturated heterocycles. The van der Waals surface area contributed by atoms with Crippen LogP contribution >= 0.6 is 10.7 Å². The summed E-state index contributed by atoms with van der Waals surface area (Å²) in [6, 6.07) is 13.7. The molecule has 0 aliphatic heterocycles. The Morgan fingerprint density at radius 2 is 1.76 bits per heavy atom. The highest BCUT2D eigenvalue weighted by Gasteiger charge is 2.13. The van der Waals surface area contributed by atoms with E-state index in [0.717, 1.165) is 0 Å². The van der Waals surface area contributed by atoms with Crippen molar-refractivity contribution in [1.29, 1.82) is 0 Å². The van der Waals surface area contributed by atoms with Crippen LogP contribution in [0.2, 0.25) is 0 Å². The van der Waals surface area contributed by atoms with Crippen LogP contribution in [0.25, 0.3) is 6.08 Å². The second kappa shape index (κ2) is 6.24. The lowest BCUT2D eigenvalue weighted by Gasteiger charge is -2.03. The van der Waals surface area contributed by atoms with E-state index in [9.17, 15) is 13.2 Å². The number of allylic oxidation sites excluding steroid dienone is 1. The van der Waals surface area contributed by atoms with E-state index in [1.807, 2.05) is 6.07 Å². The van der Waals surface area contributed by atoms with Crippen molar-refractivity contribution in [3.63, 3.8) is 0 Å². The minimum atomic E-state index is -3.79. The maximum Gasteiger partial charge on any atom is 0.261 e. The molecule has 0 saturated carbocycles. The lowest BCUT2D eigenvalue weighted by atomic mass is 10.1. The second-order valence-corrected chi connectivity index (χ2v) is 7.06. The van der Waals surface area contributed by atoms with Gasteiger partial charge in [-0.15, -0.1) is 0 Å². The first-order valence-electron chi connectivity index (χ1n) is 6.21. The maximum absolute atomic E-state index is 11.9. The topological polar surface area (TPSA) is 51.2 Å². The molecule has 0 atom stereocenters. The Morgan fingerprint density at radius 1 is 1.10 bits per heavy atom. The van der Waals surface area contributed by atoms with E-state index < -0.39 is 9.05 Å². The molecule has 0 N–H and O–H groups in total. The molecule has 0 fully saturated rings. The van der Waals surface area contributed by atoms with E-state index in [1.54, 1.807) is 49.4 Å². The van der Waals surface area contributed by atoms with E-state index in [4.69, 9.17) is 10.7 Å². The van der Waals surface area contributed by atoms with Gasteiger partial charge < -0.3 is 0 Å². The summed E-state index contributed by atoms with van der Waals surface area (Å²) in [7, 11) is 1.58. The quantitative estimate of drug-likeness (QED) is 0.489. The number of hydrogen-bond donors (Lipinski definition) is 0. The first-order valence-corrected chi connectivity index (χ1v) is 8.51. The van der Waals surface area contributed by atoms with E-state index in [0.29, 0.717) is 16.7 Å². The fraction of sp³-hybridized carbons (Fsp3) is 0.0625. The van der Waals surface area contributed by atoms with E-state index in [1.165, 1.54) is 12.1 Å². The number of rotatable bonds is 4. The molecule has 3 nitrogen and oxygen atoms in total. The van der Waals surface area contributed by atoms with Gasteiger partial charge in [-0.1, -0.05) is 48.5 Å². The third-order valence-electron chi connectivity index (χ3n) is 2.96. The zero-order valence-electron chi connectivity index (χ0n) is 11.3. The van der Waals surface area contributed by atoms with Crippen LogP contribution < -0.4 is 0 Å². The lowest BCUT2D eigenvalue weighted by molar-refractivity contribution is 0.104. The van der Waals surface area contributed by atoms with Crippen LogP contribution in [0.5, 0.6) is 0 Å². The number of benzene rings is 2. The predicted octanol–water partition coefficient (Wildman–Crippen LogP) is 3.82. The highest BCUT2D eigenvalue weighted by Crippen LogP contribution is 2.21. The van der Waals surface area contributed by atoms with Crippen LogP contribution in [0.4, 0.5) is 0 Å². The number of aryl methyl sites for hydroxylation is 1. The van der Waals surface area contributed by atoms with Crippen molar-refractivity contribution in [2.45, 2.75) is 11.8 Å². The van der Waals surface area contributed by atoms with Crippen LogP contribution in [-0.4, -0.2) is 14.2 Å². The van der Waals surface area contributed by atoms with Gasteiger partial charge >= 0.3 is 0 Å². The molecule has 108 valence electrons. The fourth-order valence-electron chi connectivity index (χ4n) is 1.85. The number of halogens is 1. The smallest absolute Gasteiger partial charge is 0.261 e. The first kappa shape index (κ1) is 15.5. The third-order valence-corrected chi connectivity index (χ3v) is 4.42. The van der Waals surface area contributed by atoms with Gasteiger partial charge in [0.2, 0.25) is 0 Å². The molecule has 0 heterocycles. The Morgan fingerprint density at radius 3 is 2.38 bits per heavy atom. The summed E-state index contributed by atoms with van der Waals surface area (Å²) in [5.74, 6) is -0.147. The normalized spacial score (nSPS) is 11.7.